The first kappa shape index (κ1) is 15.2. The van der Waals surface area contributed by atoms with E-state index in [-0.39, 0.29) is 24.8 Å². The lowest BCUT2D eigenvalue weighted by atomic mass is 10.2. The van der Waals surface area contributed by atoms with Crippen molar-refractivity contribution in [2.45, 2.75) is 0 Å². The van der Waals surface area contributed by atoms with Crippen molar-refractivity contribution in [2.24, 2.45) is 0 Å². The van der Waals surface area contributed by atoms with Crippen molar-refractivity contribution < 1.29 is 29.6 Å². The third-order valence-corrected chi connectivity index (χ3v) is 2.10. The molecule has 0 aliphatic rings. The second-order valence-electron chi connectivity index (χ2n) is 1.82. The van der Waals surface area contributed by atoms with E-state index in [1.807, 2.05) is 12.1 Å². The summed E-state index contributed by atoms with van der Waals surface area (Å²) in [6, 6.07) is 5.57. The van der Waals surface area contributed by atoms with Crippen LogP contribution < -0.4 is 24.8 Å². The molecule has 5 heteroatoms. The SMILES string of the molecule is O=Cc1cc(Br)cc(I)c1.[Cl-].[Cl-]. The molecule has 0 bridgehead atoms. The molecule has 0 aliphatic heterocycles. The van der Waals surface area contributed by atoms with Crippen LogP contribution in [0.1, 0.15) is 10.4 Å². The number of aldehydes is 1. The Hall–Kier alpha value is 0.680. The highest BCUT2D eigenvalue weighted by Gasteiger charge is 1.93. The highest BCUT2D eigenvalue weighted by atomic mass is 127. The molecule has 12 heavy (non-hydrogen) atoms. The van der Waals surface area contributed by atoms with E-state index < -0.39 is 0 Å². The van der Waals surface area contributed by atoms with Crippen molar-refractivity contribution in [3.05, 3.63) is 31.8 Å². The normalized spacial score (nSPS) is 7.83. The Morgan fingerprint density at radius 1 is 1.25 bits per heavy atom. The second kappa shape index (κ2) is 7.12. The van der Waals surface area contributed by atoms with E-state index in [9.17, 15) is 4.79 Å². The van der Waals surface area contributed by atoms with E-state index in [1.165, 1.54) is 0 Å². The number of carbonyl (C=O) groups excluding carboxylic acids is 1. The Balaban J connectivity index is 0. The molecule has 0 aromatic heterocycles. The fraction of sp³-hybridized carbons (Fsp3) is 0. The standard InChI is InChI=1S/C7H4BrIO.2ClH/c8-6-1-5(4-10)2-7(9)3-6;;/h1-4H;2*1H/p-2. The molecule has 68 valence electrons. The van der Waals surface area contributed by atoms with Crippen molar-refractivity contribution in [3.63, 3.8) is 0 Å². The van der Waals surface area contributed by atoms with E-state index in [0.717, 1.165) is 14.3 Å². The minimum Gasteiger partial charge on any atom is -1.00 e. The number of rotatable bonds is 1. The van der Waals surface area contributed by atoms with Gasteiger partial charge in [-0.25, -0.2) is 0 Å². The molecule has 0 aliphatic carbocycles. The smallest absolute Gasteiger partial charge is 0.150 e. The molecule has 0 N–H and O–H groups in total. The Bertz CT molecular complexity index is 247. The molecule has 0 amide bonds. The summed E-state index contributed by atoms with van der Waals surface area (Å²) >= 11 is 5.46. The van der Waals surface area contributed by atoms with Crippen LogP contribution in [0.15, 0.2) is 22.7 Å². The Labute approximate surface area is 105 Å². The predicted octanol–water partition coefficient (Wildman–Crippen LogP) is -3.13. The van der Waals surface area contributed by atoms with Crippen LogP contribution in [-0.4, -0.2) is 6.29 Å². The molecule has 1 aromatic carbocycles. The van der Waals surface area contributed by atoms with Crippen molar-refractivity contribution in [3.8, 4) is 0 Å². The molecule has 0 unspecified atom stereocenters. The Kier molecular flexibility index (Phi) is 9.00. The molecule has 1 aromatic rings. The summed E-state index contributed by atoms with van der Waals surface area (Å²) in [5.74, 6) is 0. The lowest BCUT2D eigenvalue weighted by Gasteiger charge is -1.93. The topological polar surface area (TPSA) is 17.1 Å². The molecular formula is C7H4BrCl2IO-2. The molecule has 1 rings (SSSR count). The maximum Gasteiger partial charge on any atom is 0.150 e. The summed E-state index contributed by atoms with van der Waals surface area (Å²) in [5, 5.41) is 0. The van der Waals surface area contributed by atoms with Gasteiger partial charge in [0.15, 0.2) is 0 Å². The molecule has 1 nitrogen and oxygen atoms in total. The van der Waals surface area contributed by atoms with Crippen molar-refractivity contribution in [1.29, 1.82) is 0 Å². The quantitative estimate of drug-likeness (QED) is 0.371. The number of hydrogen-bond donors (Lipinski definition) is 0. The van der Waals surface area contributed by atoms with Crippen LogP contribution in [0.5, 0.6) is 0 Å². The van der Waals surface area contributed by atoms with Gasteiger partial charge in [-0.1, -0.05) is 15.9 Å². The van der Waals surface area contributed by atoms with E-state index in [0.29, 0.717) is 5.56 Å². The lowest BCUT2D eigenvalue weighted by molar-refractivity contribution is -0.00100. The van der Waals surface area contributed by atoms with E-state index in [4.69, 9.17) is 0 Å². The molecular weight excluding hydrogens is 378 g/mol. The summed E-state index contributed by atoms with van der Waals surface area (Å²) in [7, 11) is 0. The minimum absolute atomic E-state index is 0. The van der Waals surface area contributed by atoms with Gasteiger partial charge >= 0.3 is 0 Å². The molecule has 0 saturated heterocycles. The van der Waals surface area contributed by atoms with Crippen LogP contribution in [0, 0.1) is 3.57 Å². The first-order chi connectivity index (χ1) is 4.72. The van der Waals surface area contributed by atoms with Gasteiger partial charge in [-0.15, -0.1) is 0 Å². The van der Waals surface area contributed by atoms with Crippen LogP contribution in [0.2, 0.25) is 0 Å². The summed E-state index contributed by atoms with van der Waals surface area (Å²) < 4.78 is 2.01. The van der Waals surface area contributed by atoms with Gasteiger partial charge in [0.05, 0.1) is 0 Å². The monoisotopic (exact) mass is 380 g/mol. The molecule has 0 heterocycles. The van der Waals surface area contributed by atoms with Crippen LogP contribution in [0.25, 0.3) is 0 Å². The zero-order valence-corrected chi connectivity index (χ0v) is 11.0. The van der Waals surface area contributed by atoms with Gasteiger partial charge in [0.25, 0.3) is 0 Å². The van der Waals surface area contributed by atoms with Crippen LogP contribution in [0.3, 0.4) is 0 Å². The van der Waals surface area contributed by atoms with Crippen LogP contribution in [0.4, 0.5) is 0 Å². The molecule has 0 radical (unpaired) electrons. The van der Waals surface area contributed by atoms with Crippen molar-refractivity contribution in [2.75, 3.05) is 0 Å². The summed E-state index contributed by atoms with van der Waals surface area (Å²) in [4.78, 5) is 10.3. The van der Waals surface area contributed by atoms with Gasteiger partial charge in [0.1, 0.15) is 6.29 Å². The zero-order chi connectivity index (χ0) is 7.56. The van der Waals surface area contributed by atoms with Gasteiger partial charge in [0, 0.05) is 13.6 Å². The average Bonchev–Trinajstić information content (AvgIpc) is 1.85. The highest BCUT2D eigenvalue weighted by Crippen LogP contribution is 2.15. The average molecular weight is 382 g/mol. The molecule has 0 saturated carbocycles. The molecule has 0 atom stereocenters. The molecule has 0 spiro atoms. The molecule has 0 fully saturated rings. The zero-order valence-electron chi connectivity index (χ0n) is 5.73. The van der Waals surface area contributed by atoms with Gasteiger partial charge in [0.2, 0.25) is 0 Å². The van der Waals surface area contributed by atoms with Crippen LogP contribution >= 0.6 is 38.5 Å². The van der Waals surface area contributed by atoms with Crippen molar-refractivity contribution >= 4 is 44.8 Å². The number of carbonyl (C=O) groups is 1. The van der Waals surface area contributed by atoms with E-state index in [2.05, 4.69) is 38.5 Å². The summed E-state index contributed by atoms with van der Waals surface area (Å²) in [6.07, 6.45) is 0.840. The van der Waals surface area contributed by atoms with Gasteiger partial charge in [-0.2, -0.15) is 0 Å². The number of hydrogen-bond acceptors (Lipinski definition) is 1. The maximum absolute atomic E-state index is 10.3. The van der Waals surface area contributed by atoms with E-state index in [1.54, 1.807) is 6.07 Å². The van der Waals surface area contributed by atoms with Gasteiger partial charge in [-0.05, 0) is 40.8 Å². The Morgan fingerprint density at radius 2 is 1.83 bits per heavy atom. The van der Waals surface area contributed by atoms with Crippen molar-refractivity contribution in [1.82, 2.24) is 0 Å². The van der Waals surface area contributed by atoms with Gasteiger partial charge < -0.3 is 24.8 Å². The third-order valence-electron chi connectivity index (χ3n) is 1.02. The first-order valence-electron chi connectivity index (χ1n) is 2.63. The number of halogens is 4. The number of benzene rings is 1. The highest BCUT2D eigenvalue weighted by molar-refractivity contribution is 14.1. The van der Waals surface area contributed by atoms with Gasteiger partial charge in [-0.3, -0.25) is 4.79 Å². The summed E-state index contributed by atoms with van der Waals surface area (Å²) in [6.45, 7) is 0. The third kappa shape index (κ3) is 4.64. The van der Waals surface area contributed by atoms with E-state index >= 15 is 0 Å². The first-order valence-corrected chi connectivity index (χ1v) is 4.51. The minimum atomic E-state index is 0. The van der Waals surface area contributed by atoms with Crippen LogP contribution in [-0.2, 0) is 0 Å². The predicted molar refractivity (Wildman–Crippen MR) is 52.2 cm³/mol. The maximum atomic E-state index is 10.3. The fourth-order valence-electron chi connectivity index (χ4n) is 0.643. The lowest BCUT2D eigenvalue weighted by Crippen LogP contribution is -3.00. The largest absolute Gasteiger partial charge is 1.00 e. The second-order valence-corrected chi connectivity index (χ2v) is 3.98. The Morgan fingerprint density at radius 3 is 2.25 bits per heavy atom. The fourth-order valence-corrected chi connectivity index (χ4v) is 2.28. The summed E-state index contributed by atoms with van der Waals surface area (Å²) in [5.41, 5.74) is 0.707.